The van der Waals surface area contributed by atoms with Crippen LogP contribution in [0.15, 0.2) is 0 Å². The lowest BCUT2D eigenvalue weighted by atomic mass is 10.3. The summed E-state index contributed by atoms with van der Waals surface area (Å²) in [7, 11) is 1.66. The molecule has 1 aromatic rings. The Kier molecular flexibility index (Phi) is 3.54. The first-order valence-electron chi connectivity index (χ1n) is 4.74. The first-order valence-corrected chi connectivity index (χ1v) is 4.74. The summed E-state index contributed by atoms with van der Waals surface area (Å²) in [6, 6.07) is 0. The molecule has 0 radical (unpaired) electrons. The fourth-order valence-corrected chi connectivity index (χ4v) is 1.23. The van der Waals surface area contributed by atoms with E-state index in [2.05, 4.69) is 5.10 Å². The van der Waals surface area contributed by atoms with E-state index in [9.17, 15) is 4.79 Å². The summed E-state index contributed by atoms with van der Waals surface area (Å²) in [5.74, 6) is -0.0422. The quantitative estimate of drug-likeness (QED) is 0.740. The molecular formula is C9H15N3O3. The molecule has 0 aliphatic carbocycles. The summed E-state index contributed by atoms with van der Waals surface area (Å²) in [4.78, 5) is 11.5. The molecule has 0 aliphatic rings. The summed E-state index contributed by atoms with van der Waals surface area (Å²) in [6.45, 7) is 4.27. The van der Waals surface area contributed by atoms with Crippen molar-refractivity contribution in [1.82, 2.24) is 9.78 Å². The van der Waals surface area contributed by atoms with Crippen molar-refractivity contribution < 1.29 is 14.3 Å². The zero-order chi connectivity index (χ0) is 11.4. The van der Waals surface area contributed by atoms with Crippen molar-refractivity contribution in [2.24, 2.45) is 7.05 Å². The van der Waals surface area contributed by atoms with Crippen LogP contribution in [0.25, 0.3) is 0 Å². The van der Waals surface area contributed by atoms with Crippen molar-refractivity contribution in [2.75, 3.05) is 18.9 Å². The van der Waals surface area contributed by atoms with E-state index in [0.717, 1.165) is 0 Å². The SMILES string of the molecule is CCOC(=O)c1c(N)nn(C)c1OCC. The van der Waals surface area contributed by atoms with Gasteiger partial charge in [0.2, 0.25) is 5.88 Å². The van der Waals surface area contributed by atoms with Crippen LogP contribution in [0, 0.1) is 0 Å². The Morgan fingerprint density at radius 2 is 2.13 bits per heavy atom. The zero-order valence-electron chi connectivity index (χ0n) is 9.11. The Morgan fingerprint density at radius 3 is 2.67 bits per heavy atom. The molecule has 6 nitrogen and oxygen atoms in total. The normalized spacial score (nSPS) is 10.1. The van der Waals surface area contributed by atoms with Gasteiger partial charge in [0.1, 0.15) is 0 Å². The van der Waals surface area contributed by atoms with Gasteiger partial charge in [-0.3, -0.25) is 0 Å². The average Bonchev–Trinajstić information content (AvgIpc) is 2.43. The van der Waals surface area contributed by atoms with Gasteiger partial charge < -0.3 is 15.2 Å². The number of rotatable bonds is 4. The first-order chi connectivity index (χ1) is 7.11. The summed E-state index contributed by atoms with van der Waals surface area (Å²) in [5, 5.41) is 3.90. The van der Waals surface area contributed by atoms with Gasteiger partial charge in [-0.1, -0.05) is 0 Å². The minimum atomic E-state index is -0.508. The van der Waals surface area contributed by atoms with Gasteiger partial charge in [0.15, 0.2) is 11.4 Å². The maximum atomic E-state index is 11.5. The predicted molar refractivity (Wildman–Crippen MR) is 54.7 cm³/mol. The summed E-state index contributed by atoms with van der Waals surface area (Å²) < 4.78 is 11.6. The van der Waals surface area contributed by atoms with Gasteiger partial charge in [0.25, 0.3) is 0 Å². The molecule has 84 valence electrons. The number of nitrogen functional groups attached to an aromatic ring is 1. The van der Waals surface area contributed by atoms with E-state index in [1.165, 1.54) is 4.68 Å². The number of nitrogens with zero attached hydrogens (tertiary/aromatic N) is 2. The molecule has 0 aliphatic heterocycles. The molecule has 0 amide bonds. The van der Waals surface area contributed by atoms with Crippen molar-refractivity contribution in [3.05, 3.63) is 5.56 Å². The van der Waals surface area contributed by atoms with Crippen LogP contribution in [0.1, 0.15) is 24.2 Å². The maximum absolute atomic E-state index is 11.5. The maximum Gasteiger partial charge on any atom is 0.347 e. The molecule has 2 N–H and O–H groups in total. The smallest absolute Gasteiger partial charge is 0.347 e. The van der Waals surface area contributed by atoms with E-state index < -0.39 is 5.97 Å². The third-order valence-corrected chi connectivity index (χ3v) is 1.78. The number of ether oxygens (including phenoxy) is 2. The fourth-order valence-electron chi connectivity index (χ4n) is 1.23. The number of aromatic nitrogens is 2. The van der Waals surface area contributed by atoms with E-state index in [4.69, 9.17) is 15.2 Å². The summed E-state index contributed by atoms with van der Waals surface area (Å²) in [5.41, 5.74) is 5.79. The second-order valence-corrected chi connectivity index (χ2v) is 2.84. The number of carbonyl (C=O) groups excluding carboxylic acids is 1. The molecule has 0 aromatic carbocycles. The van der Waals surface area contributed by atoms with Gasteiger partial charge in [-0.25, -0.2) is 9.48 Å². The van der Waals surface area contributed by atoms with Crippen molar-refractivity contribution >= 4 is 11.8 Å². The van der Waals surface area contributed by atoms with E-state index in [1.807, 2.05) is 6.92 Å². The molecule has 1 rings (SSSR count). The van der Waals surface area contributed by atoms with Crippen LogP contribution in [0.4, 0.5) is 5.82 Å². The fraction of sp³-hybridized carbons (Fsp3) is 0.556. The number of aryl methyl sites for hydroxylation is 1. The summed E-state index contributed by atoms with van der Waals surface area (Å²) in [6.07, 6.45) is 0. The highest BCUT2D eigenvalue weighted by Gasteiger charge is 2.23. The largest absolute Gasteiger partial charge is 0.477 e. The van der Waals surface area contributed by atoms with Crippen molar-refractivity contribution in [3.63, 3.8) is 0 Å². The molecule has 1 heterocycles. The predicted octanol–water partition coefficient (Wildman–Crippen LogP) is 0.578. The number of carbonyl (C=O) groups is 1. The molecule has 0 spiro atoms. The molecule has 6 heteroatoms. The molecule has 0 saturated carbocycles. The van der Waals surface area contributed by atoms with Crippen molar-refractivity contribution in [2.45, 2.75) is 13.8 Å². The Hall–Kier alpha value is -1.72. The van der Waals surface area contributed by atoms with E-state index in [0.29, 0.717) is 19.1 Å². The van der Waals surface area contributed by atoms with Crippen LogP contribution < -0.4 is 10.5 Å². The van der Waals surface area contributed by atoms with Gasteiger partial charge in [-0.05, 0) is 13.8 Å². The number of hydrogen-bond donors (Lipinski definition) is 1. The Bertz CT molecular complexity index is 360. The topological polar surface area (TPSA) is 79.4 Å². The van der Waals surface area contributed by atoms with E-state index >= 15 is 0 Å². The highest BCUT2D eigenvalue weighted by atomic mass is 16.5. The molecule has 0 fully saturated rings. The number of esters is 1. The second-order valence-electron chi connectivity index (χ2n) is 2.84. The second kappa shape index (κ2) is 4.68. The minimum absolute atomic E-state index is 0.124. The third-order valence-electron chi connectivity index (χ3n) is 1.78. The molecule has 0 unspecified atom stereocenters. The van der Waals surface area contributed by atoms with Crippen molar-refractivity contribution in [3.8, 4) is 5.88 Å². The van der Waals surface area contributed by atoms with Gasteiger partial charge in [-0.15, -0.1) is 0 Å². The van der Waals surface area contributed by atoms with Gasteiger partial charge in [0, 0.05) is 7.05 Å². The molecule has 0 bridgehead atoms. The van der Waals surface area contributed by atoms with Crippen LogP contribution in [0.5, 0.6) is 5.88 Å². The standard InChI is InChI=1S/C9H15N3O3/c1-4-14-8-6(9(13)15-5-2)7(10)11-12(8)3/h4-5H2,1-3H3,(H2,10,11). The molecule has 1 aromatic heterocycles. The van der Waals surface area contributed by atoms with Crippen molar-refractivity contribution in [1.29, 1.82) is 0 Å². The summed E-state index contributed by atoms with van der Waals surface area (Å²) >= 11 is 0. The Labute approximate surface area is 88.0 Å². The van der Waals surface area contributed by atoms with E-state index in [-0.39, 0.29) is 11.4 Å². The monoisotopic (exact) mass is 213 g/mol. The van der Waals surface area contributed by atoms with Crippen LogP contribution in [-0.2, 0) is 11.8 Å². The minimum Gasteiger partial charge on any atom is -0.477 e. The van der Waals surface area contributed by atoms with Crippen LogP contribution in [-0.4, -0.2) is 29.0 Å². The zero-order valence-corrected chi connectivity index (χ0v) is 9.11. The number of hydrogen-bond acceptors (Lipinski definition) is 5. The Morgan fingerprint density at radius 1 is 1.47 bits per heavy atom. The third kappa shape index (κ3) is 2.20. The molecule has 0 saturated heterocycles. The van der Waals surface area contributed by atoms with Gasteiger partial charge in [0.05, 0.1) is 13.2 Å². The van der Waals surface area contributed by atoms with Crippen LogP contribution >= 0.6 is 0 Å². The highest BCUT2D eigenvalue weighted by Crippen LogP contribution is 2.24. The molecular weight excluding hydrogens is 198 g/mol. The van der Waals surface area contributed by atoms with Gasteiger partial charge in [-0.2, -0.15) is 5.10 Å². The number of anilines is 1. The number of nitrogens with two attached hydrogens (primary N) is 1. The first kappa shape index (κ1) is 11.4. The lowest BCUT2D eigenvalue weighted by Crippen LogP contribution is -2.09. The van der Waals surface area contributed by atoms with Crippen LogP contribution in [0.3, 0.4) is 0 Å². The molecule has 0 atom stereocenters. The Balaban J connectivity index is 3.08. The highest BCUT2D eigenvalue weighted by molar-refractivity contribution is 5.96. The van der Waals surface area contributed by atoms with E-state index in [1.54, 1.807) is 14.0 Å². The average molecular weight is 213 g/mol. The van der Waals surface area contributed by atoms with Gasteiger partial charge >= 0.3 is 5.97 Å². The molecule has 15 heavy (non-hydrogen) atoms. The van der Waals surface area contributed by atoms with Crippen LogP contribution in [0.2, 0.25) is 0 Å². The lowest BCUT2D eigenvalue weighted by molar-refractivity contribution is 0.0522. The lowest BCUT2D eigenvalue weighted by Gasteiger charge is -2.05.